The minimum absolute atomic E-state index is 0.00121. The molecule has 90 valence electrons. The fraction of sp³-hybridized carbons (Fsp3) is 0.500. The highest BCUT2D eigenvalue weighted by molar-refractivity contribution is 9.11. The van der Waals surface area contributed by atoms with E-state index >= 15 is 0 Å². The van der Waals surface area contributed by atoms with Gasteiger partial charge in [-0.05, 0) is 27.9 Å². The number of nitrogens with one attached hydrogen (secondary N) is 1. The van der Waals surface area contributed by atoms with Crippen molar-refractivity contribution in [1.29, 1.82) is 0 Å². The first-order valence-electron chi connectivity index (χ1n) is 5.90. The molecule has 1 aliphatic carbocycles. The Kier molecular flexibility index (Phi) is 3.04. The maximum absolute atomic E-state index is 11.9. The Balaban J connectivity index is 1.96. The number of fused-ring (bicyclic) bond motifs is 1. The lowest BCUT2D eigenvalue weighted by atomic mass is 10.0. The molecule has 3 rings (SSSR count). The van der Waals surface area contributed by atoms with Gasteiger partial charge in [-0.1, -0.05) is 25.7 Å². The zero-order valence-electron chi connectivity index (χ0n) is 9.33. The molecule has 2 aromatic heterocycles. The van der Waals surface area contributed by atoms with Gasteiger partial charge in [0, 0.05) is 6.42 Å². The van der Waals surface area contributed by atoms with E-state index in [0.717, 1.165) is 21.5 Å². The lowest BCUT2D eigenvalue weighted by molar-refractivity contribution is 0.531. The predicted octanol–water partition coefficient (Wildman–Crippen LogP) is 3.48. The predicted molar refractivity (Wildman–Crippen MR) is 73.6 cm³/mol. The fourth-order valence-electron chi connectivity index (χ4n) is 2.54. The van der Waals surface area contributed by atoms with Gasteiger partial charge in [0.05, 0.1) is 9.30 Å². The van der Waals surface area contributed by atoms with Gasteiger partial charge in [-0.25, -0.2) is 4.98 Å². The monoisotopic (exact) mass is 312 g/mol. The summed E-state index contributed by atoms with van der Waals surface area (Å²) in [7, 11) is 0. The summed E-state index contributed by atoms with van der Waals surface area (Å²) in [5.74, 6) is 1.55. The summed E-state index contributed by atoms with van der Waals surface area (Å²) in [6.45, 7) is 0. The van der Waals surface area contributed by atoms with E-state index in [1.54, 1.807) is 0 Å². The smallest absolute Gasteiger partial charge is 0.268 e. The van der Waals surface area contributed by atoms with Crippen LogP contribution in [0.25, 0.3) is 10.2 Å². The number of aromatic amines is 1. The molecule has 0 atom stereocenters. The van der Waals surface area contributed by atoms with Crippen molar-refractivity contribution in [3.8, 4) is 0 Å². The van der Waals surface area contributed by atoms with Crippen LogP contribution in [0, 0.1) is 5.92 Å². The summed E-state index contributed by atoms with van der Waals surface area (Å²) in [6.07, 6.45) is 6.10. The Morgan fingerprint density at radius 2 is 2.24 bits per heavy atom. The molecular formula is C12H13BrN2OS. The molecule has 2 heterocycles. The quantitative estimate of drug-likeness (QED) is 0.922. The van der Waals surface area contributed by atoms with Crippen LogP contribution >= 0.6 is 27.3 Å². The summed E-state index contributed by atoms with van der Waals surface area (Å²) >= 11 is 4.84. The molecular weight excluding hydrogens is 300 g/mol. The third-order valence-electron chi connectivity index (χ3n) is 3.36. The van der Waals surface area contributed by atoms with Gasteiger partial charge in [-0.3, -0.25) is 4.79 Å². The van der Waals surface area contributed by atoms with E-state index in [1.807, 2.05) is 6.07 Å². The van der Waals surface area contributed by atoms with E-state index < -0.39 is 0 Å². The van der Waals surface area contributed by atoms with E-state index in [1.165, 1.54) is 37.0 Å². The van der Waals surface area contributed by atoms with Crippen LogP contribution in [0.2, 0.25) is 0 Å². The van der Waals surface area contributed by atoms with Gasteiger partial charge in [-0.2, -0.15) is 0 Å². The van der Waals surface area contributed by atoms with Crippen molar-refractivity contribution in [2.75, 3.05) is 0 Å². The van der Waals surface area contributed by atoms with Crippen LogP contribution in [0.1, 0.15) is 31.5 Å². The summed E-state index contributed by atoms with van der Waals surface area (Å²) in [5, 5.41) is 0. The second-order valence-electron chi connectivity index (χ2n) is 4.63. The van der Waals surface area contributed by atoms with Crippen LogP contribution in [-0.2, 0) is 6.42 Å². The molecule has 1 aliphatic rings. The zero-order valence-corrected chi connectivity index (χ0v) is 11.7. The zero-order chi connectivity index (χ0) is 11.8. The number of thiophene rings is 1. The lowest BCUT2D eigenvalue weighted by Gasteiger charge is -2.07. The number of H-pyrrole nitrogens is 1. The Hall–Kier alpha value is -0.680. The molecule has 1 N–H and O–H groups in total. The van der Waals surface area contributed by atoms with Crippen molar-refractivity contribution >= 4 is 37.5 Å². The number of rotatable bonds is 2. The second-order valence-corrected chi connectivity index (χ2v) is 7.06. The number of aromatic nitrogens is 2. The van der Waals surface area contributed by atoms with E-state index in [4.69, 9.17) is 0 Å². The summed E-state index contributed by atoms with van der Waals surface area (Å²) < 4.78 is 1.68. The number of halogens is 1. The standard InChI is InChI=1S/C12H13BrN2OS/c13-9-6-8-11(17-9)12(16)15-10(14-8)5-7-3-1-2-4-7/h6-7H,1-5H2,(H,14,15,16). The number of hydrogen-bond donors (Lipinski definition) is 1. The van der Waals surface area contributed by atoms with E-state index in [2.05, 4.69) is 25.9 Å². The third-order valence-corrected chi connectivity index (χ3v) is 4.98. The molecule has 0 radical (unpaired) electrons. The van der Waals surface area contributed by atoms with Crippen LogP contribution < -0.4 is 5.56 Å². The highest BCUT2D eigenvalue weighted by Gasteiger charge is 2.17. The van der Waals surface area contributed by atoms with E-state index in [0.29, 0.717) is 10.6 Å². The summed E-state index contributed by atoms with van der Waals surface area (Å²) in [5.41, 5.74) is 0.817. The molecule has 0 amide bonds. The molecule has 1 fully saturated rings. The van der Waals surface area contributed by atoms with Gasteiger partial charge < -0.3 is 4.98 Å². The van der Waals surface area contributed by atoms with Gasteiger partial charge in [0.15, 0.2) is 0 Å². The van der Waals surface area contributed by atoms with Gasteiger partial charge in [0.25, 0.3) is 5.56 Å². The molecule has 5 heteroatoms. The molecule has 0 aromatic carbocycles. The molecule has 0 unspecified atom stereocenters. The lowest BCUT2D eigenvalue weighted by Crippen LogP contribution is -2.12. The van der Waals surface area contributed by atoms with Crippen molar-refractivity contribution < 1.29 is 0 Å². The van der Waals surface area contributed by atoms with Crippen molar-refractivity contribution in [2.24, 2.45) is 5.92 Å². The van der Waals surface area contributed by atoms with Crippen molar-refractivity contribution in [2.45, 2.75) is 32.1 Å². The normalized spacial score (nSPS) is 17.0. The van der Waals surface area contributed by atoms with Crippen LogP contribution in [0.5, 0.6) is 0 Å². The maximum Gasteiger partial charge on any atom is 0.268 e. The first kappa shape index (κ1) is 11.4. The van der Waals surface area contributed by atoms with Gasteiger partial charge in [0.1, 0.15) is 10.5 Å². The highest BCUT2D eigenvalue weighted by Crippen LogP contribution is 2.28. The van der Waals surface area contributed by atoms with Gasteiger partial charge >= 0.3 is 0 Å². The first-order chi connectivity index (χ1) is 8.22. The number of hydrogen-bond acceptors (Lipinski definition) is 3. The van der Waals surface area contributed by atoms with Crippen LogP contribution in [0.3, 0.4) is 0 Å². The van der Waals surface area contributed by atoms with Crippen LogP contribution in [0.15, 0.2) is 14.6 Å². The molecule has 2 aromatic rings. The Bertz CT molecular complexity index is 598. The van der Waals surface area contributed by atoms with Crippen molar-refractivity contribution in [1.82, 2.24) is 9.97 Å². The van der Waals surface area contributed by atoms with Gasteiger partial charge in [-0.15, -0.1) is 11.3 Å². The Morgan fingerprint density at radius 3 is 3.00 bits per heavy atom. The fourth-order valence-corrected chi connectivity index (χ4v) is 3.96. The molecule has 0 aliphatic heterocycles. The maximum atomic E-state index is 11.9. The Labute approximate surface area is 111 Å². The van der Waals surface area contributed by atoms with E-state index in [9.17, 15) is 4.79 Å². The first-order valence-corrected chi connectivity index (χ1v) is 7.51. The van der Waals surface area contributed by atoms with Crippen molar-refractivity contribution in [3.63, 3.8) is 0 Å². The molecule has 3 nitrogen and oxygen atoms in total. The molecule has 0 spiro atoms. The minimum atomic E-state index is -0.00121. The molecule has 17 heavy (non-hydrogen) atoms. The molecule has 0 bridgehead atoms. The van der Waals surface area contributed by atoms with Crippen LogP contribution in [-0.4, -0.2) is 9.97 Å². The average molecular weight is 313 g/mol. The van der Waals surface area contributed by atoms with Crippen molar-refractivity contribution in [3.05, 3.63) is 26.0 Å². The summed E-state index contributed by atoms with van der Waals surface area (Å²) in [4.78, 5) is 19.3. The molecule has 1 saturated carbocycles. The van der Waals surface area contributed by atoms with E-state index in [-0.39, 0.29) is 5.56 Å². The topological polar surface area (TPSA) is 45.8 Å². The third kappa shape index (κ3) is 2.31. The number of nitrogens with zero attached hydrogens (tertiary/aromatic N) is 1. The molecule has 0 saturated heterocycles. The minimum Gasteiger partial charge on any atom is -0.309 e. The SMILES string of the molecule is O=c1[nH]c(CC2CCCC2)nc2cc(Br)sc12. The largest absolute Gasteiger partial charge is 0.309 e. The highest BCUT2D eigenvalue weighted by atomic mass is 79.9. The van der Waals surface area contributed by atoms with Crippen LogP contribution in [0.4, 0.5) is 0 Å². The second kappa shape index (κ2) is 4.53. The average Bonchev–Trinajstić information content (AvgIpc) is 2.87. The Morgan fingerprint density at radius 1 is 1.47 bits per heavy atom. The van der Waals surface area contributed by atoms with Gasteiger partial charge in [0.2, 0.25) is 0 Å². The summed E-state index contributed by atoms with van der Waals surface area (Å²) in [6, 6.07) is 1.92.